The minimum absolute atomic E-state index is 0.0741. The lowest BCUT2D eigenvalue weighted by Gasteiger charge is -2.24. The second kappa shape index (κ2) is 4.68. The highest BCUT2D eigenvalue weighted by molar-refractivity contribution is 5.96. The van der Waals surface area contributed by atoms with Crippen molar-refractivity contribution in [2.45, 2.75) is 32.6 Å². The van der Waals surface area contributed by atoms with Gasteiger partial charge in [-0.1, -0.05) is 6.42 Å². The number of anilines is 2. The average Bonchev–Trinajstić information content (AvgIpc) is 2.69. The zero-order valence-electron chi connectivity index (χ0n) is 11.1. The molecule has 100 valence electrons. The van der Waals surface area contributed by atoms with Gasteiger partial charge in [-0.3, -0.25) is 9.59 Å². The summed E-state index contributed by atoms with van der Waals surface area (Å²) < 4.78 is 0. The third kappa shape index (κ3) is 2.23. The largest absolute Gasteiger partial charge is 0.326 e. The highest BCUT2D eigenvalue weighted by Gasteiger charge is 2.26. The van der Waals surface area contributed by atoms with Gasteiger partial charge in [0, 0.05) is 30.8 Å². The van der Waals surface area contributed by atoms with Crippen LogP contribution in [-0.4, -0.2) is 18.4 Å². The van der Waals surface area contributed by atoms with Crippen molar-refractivity contribution in [3.8, 4) is 0 Å². The summed E-state index contributed by atoms with van der Waals surface area (Å²) in [6.45, 7) is 2.33. The van der Waals surface area contributed by atoms with E-state index in [4.69, 9.17) is 0 Å². The van der Waals surface area contributed by atoms with Gasteiger partial charge in [0.05, 0.1) is 0 Å². The van der Waals surface area contributed by atoms with Gasteiger partial charge in [0.25, 0.3) is 0 Å². The molecular weight excluding hydrogens is 240 g/mol. The molecule has 0 spiro atoms. The standard InChI is InChI=1S/C15H18N2O2/c1-10(18)17-8-7-12-9-13(5-6-14(12)17)16-15(19)11-3-2-4-11/h5-6,9,11H,2-4,7-8H2,1H3,(H,16,19). The first-order chi connectivity index (χ1) is 9.15. The molecule has 1 aliphatic heterocycles. The molecule has 1 saturated carbocycles. The topological polar surface area (TPSA) is 49.4 Å². The van der Waals surface area contributed by atoms with Crippen LogP contribution in [0.4, 0.5) is 11.4 Å². The zero-order valence-corrected chi connectivity index (χ0v) is 11.1. The second-order valence-corrected chi connectivity index (χ2v) is 5.38. The van der Waals surface area contributed by atoms with E-state index in [0.717, 1.165) is 49.2 Å². The Bertz CT molecular complexity index is 535. The number of nitrogens with one attached hydrogen (secondary N) is 1. The Balaban J connectivity index is 1.75. The van der Waals surface area contributed by atoms with Crippen LogP contribution in [0.3, 0.4) is 0 Å². The Kier molecular flexibility index (Phi) is 3.01. The number of carbonyl (C=O) groups is 2. The van der Waals surface area contributed by atoms with Gasteiger partial charge < -0.3 is 10.2 Å². The maximum Gasteiger partial charge on any atom is 0.227 e. The lowest BCUT2D eigenvalue weighted by atomic mass is 9.85. The fourth-order valence-corrected chi connectivity index (χ4v) is 2.72. The molecule has 1 aliphatic carbocycles. The Morgan fingerprint density at radius 3 is 2.74 bits per heavy atom. The predicted octanol–water partition coefficient (Wildman–Crippen LogP) is 2.33. The molecule has 2 amide bonds. The van der Waals surface area contributed by atoms with Crippen LogP contribution in [0.2, 0.25) is 0 Å². The molecule has 0 unspecified atom stereocenters. The van der Waals surface area contributed by atoms with Gasteiger partial charge in [0.2, 0.25) is 11.8 Å². The molecule has 1 fully saturated rings. The first kappa shape index (κ1) is 12.2. The van der Waals surface area contributed by atoms with Crippen LogP contribution in [0.5, 0.6) is 0 Å². The maximum atomic E-state index is 11.9. The Labute approximate surface area is 112 Å². The molecular formula is C15H18N2O2. The van der Waals surface area contributed by atoms with Gasteiger partial charge in [-0.15, -0.1) is 0 Å². The van der Waals surface area contributed by atoms with Gasteiger partial charge in [-0.2, -0.15) is 0 Å². The number of amides is 2. The van der Waals surface area contributed by atoms with Crippen molar-refractivity contribution in [1.29, 1.82) is 0 Å². The quantitative estimate of drug-likeness (QED) is 0.885. The first-order valence-electron chi connectivity index (χ1n) is 6.87. The molecule has 0 radical (unpaired) electrons. The van der Waals surface area contributed by atoms with Crippen LogP contribution in [0.15, 0.2) is 18.2 Å². The van der Waals surface area contributed by atoms with Crippen molar-refractivity contribution in [2.75, 3.05) is 16.8 Å². The van der Waals surface area contributed by atoms with Crippen molar-refractivity contribution in [3.05, 3.63) is 23.8 Å². The van der Waals surface area contributed by atoms with Crippen molar-refractivity contribution >= 4 is 23.2 Å². The summed E-state index contributed by atoms with van der Waals surface area (Å²) in [7, 11) is 0. The van der Waals surface area contributed by atoms with E-state index in [1.807, 2.05) is 18.2 Å². The number of nitrogens with zero attached hydrogens (tertiary/aromatic N) is 1. The first-order valence-corrected chi connectivity index (χ1v) is 6.87. The van der Waals surface area contributed by atoms with Crippen LogP contribution in [-0.2, 0) is 16.0 Å². The van der Waals surface area contributed by atoms with Crippen molar-refractivity contribution < 1.29 is 9.59 Å². The van der Waals surface area contributed by atoms with E-state index in [0.29, 0.717) is 0 Å². The van der Waals surface area contributed by atoms with Gasteiger partial charge >= 0.3 is 0 Å². The summed E-state index contributed by atoms with van der Waals surface area (Å²) in [4.78, 5) is 25.1. The molecule has 0 atom stereocenters. The van der Waals surface area contributed by atoms with Gasteiger partial charge in [-0.25, -0.2) is 0 Å². The molecule has 3 rings (SSSR count). The number of benzene rings is 1. The van der Waals surface area contributed by atoms with Crippen molar-refractivity contribution in [1.82, 2.24) is 0 Å². The lowest BCUT2D eigenvalue weighted by molar-refractivity contribution is -0.122. The molecule has 1 aromatic rings. The van der Waals surface area contributed by atoms with Crippen LogP contribution >= 0.6 is 0 Å². The lowest BCUT2D eigenvalue weighted by Crippen LogP contribution is -2.28. The molecule has 0 saturated heterocycles. The smallest absolute Gasteiger partial charge is 0.227 e. The van der Waals surface area contributed by atoms with Crippen molar-refractivity contribution in [2.24, 2.45) is 5.92 Å². The van der Waals surface area contributed by atoms with Crippen LogP contribution < -0.4 is 10.2 Å². The Hall–Kier alpha value is -1.84. The van der Waals surface area contributed by atoms with E-state index in [1.54, 1.807) is 11.8 Å². The highest BCUT2D eigenvalue weighted by atomic mass is 16.2. The predicted molar refractivity (Wildman–Crippen MR) is 74.1 cm³/mol. The maximum absolute atomic E-state index is 11.9. The van der Waals surface area contributed by atoms with Crippen LogP contribution in [0.1, 0.15) is 31.7 Å². The summed E-state index contributed by atoms with van der Waals surface area (Å²) in [6.07, 6.45) is 4.04. The molecule has 4 nitrogen and oxygen atoms in total. The van der Waals surface area contributed by atoms with E-state index >= 15 is 0 Å². The third-order valence-electron chi connectivity index (χ3n) is 4.10. The van der Waals surface area contributed by atoms with E-state index in [9.17, 15) is 9.59 Å². The normalized spacial score (nSPS) is 17.8. The molecule has 2 aliphatic rings. The monoisotopic (exact) mass is 258 g/mol. The zero-order chi connectivity index (χ0) is 13.4. The summed E-state index contributed by atoms with van der Waals surface area (Å²) in [5.41, 5.74) is 2.97. The van der Waals surface area contributed by atoms with Crippen molar-refractivity contribution in [3.63, 3.8) is 0 Å². The van der Waals surface area contributed by atoms with Gasteiger partial charge in [-0.05, 0) is 43.0 Å². The second-order valence-electron chi connectivity index (χ2n) is 5.38. The number of hydrogen-bond acceptors (Lipinski definition) is 2. The number of fused-ring (bicyclic) bond motifs is 1. The molecule has 1 aromatic carbocycles. The minimum Gasteiger partial charge on any atom is -0.326 e. The fourth-order valence-electron chi connectivity index (χ4n) is 2.72. The van der Waals surface area contributed by atoms with E-state index < -0.39 is 0 Å². The number of hydrogen-bond donors (Lipinski definition) is 1. The Morgan fingerprint density at radius 2 is 2.11 bits per heavy atom. The van der Waals surface area contributed by atoms with E-state index in [-0.39, 0.29) is 17.7 Å². The molecule has 1 heterocycles. The summed E-state index contributed by atoms with van der Waals surface area (Å²) in [6, 6.07) is 5.81. The average molecular weight is 258 g/mol. The highest BCUT2D eigenvalue weighted by Crippen LogP contribution is 2.32. The van der Waals surface area contributed by atoms with Gasteiger partial charge in [0.15, 0.2) is 0 Å². The van der Waals surface area contributed by atoms with E-state index in [1.165, 1.54) is 0 Å². The molecule has 4 heteroatoms. The van der Waals surface area contributed by atoms with Gasteiger partial charge in [0.1, 0.15) is 0 Å². The summed E-state index contributed by atoms with van der Waals surface area (Å²) in [5.74, 6) is 0.402. The SMILES string of the molecule is CC(=O)N1CCc2cc(NC(=O)C3CCC3)ccc21. The molecule has 1 N–H and O–H groups in total. The molecule has 0 bridgehead atoms. The third-order valence-corrected chi connectivity index (χ3v) is 4.10. The molecule has 19 heavy (non-hydrogen) atoms. The number of rotatable bonds is 2. The summed E-state index contributed by atoms with van der Waals surface area (Å²) in [5, 5.41) is 2.98. The fraction of sp³-hybridized carbons (Fsp3) is 0.467. The molecule has 0 aromatic heterocycles. The summed E-state index contributed by atoms with van der Waals surface area (Å²) >= 11 is 0. The van der Waals surface area contributed by atoms with E-state index in [2.05, 4.69) is 5.32 Å². The minimum atomic E-state index is 0.0741. The number of carbonyl (C=O) groups excluding carboxylic acids is 2. The Morgan fingerprint density at radius 1 is 1.32 bits per heavy atom. The van der Waals surface area contributed by atoms with Crippen LogP contribution in [0, 0.1) is 5.92 Å². The van der Waals surface area contributed by atoms with Crippen LogP contribution in [0.25, 0.3) is 0 Å².